The van der Waals surface area contributed by atoms with Crippen LogP contribution >= 0.6 is 34.7 Å². The van der Waals surface area contributed by atoms with Gasteiger partial charge in [0.05, 0.1) is 22.9 Å². The van der Waals surface area contributed by atoms with Crippen molar-refractivity contribution in [1.29, 1.82) is 0 Å². The molecule has 8 nitrogen and oxygen atoms in total. The first-order valence-electron chi connectivity index (χ1n) is 9.73. The van der Waals surface area contributed by atoms with Gasteiger partial charge in [-0.25, -0.2) is 9.78 Å². The number of H-pyrrole nitrogens is 1. The van der Waals surface area contributed by atoms with E-state index in [1.54, 1.807) is 13.8 Å². The van der Waals surface area contributed by atoms with Gasteiger partial charge in [-0.1, -0.05) is 37.2 Å². The van der Waals surface area contributed by atoms with E-state index in [-0.39, 0.29) is 29.1 Å². The van der Waals surface area contributed by atoms with Crippen molar-refractivity contribution >= 4 is 62.5 Å². The number of carbonyl (C=O) groups is 2. The molecule has 1 unspecified atom stereocenters. The van der Waals surface area contributed by atoms with Gasteiger partial charge in [0.2, 0.25) is 5.91 Å². The number of fused-ring (bicyclic) bond motifs is 1. The van der Waals surface area contributed by atoms with Crippen LogP contribution in [0.1, 0.15) is 36.0 Å². The Bertz CT molecular complexity index is 1240. The summed E-state index contributed by atoms with van der Waals surface area (Å²) in [5.41, 5.74) is 0.311. The fourth-order valence-corrected chi connectivity index (χ4v) is 4.85. The molecule has 2 heterocycles. The standard InChI is InChI=1S/C21H22ClN3O5S2/c1-9(2)8-30-20(29)16-10(3)15-18(28)24-21(25-19(15)32-16)31-11(4)17(27)23-13-7-12(22)5-6-14(13)26/h5-7,9,11,26H,8H2,1-4H3,(H,23,27)(H,24,25,28). The summed E-state index contributed by atoms with van der Waals surface area (Å²) in [5.74, 6) is -0.809. The molecule has 0 aliphatic heterocycles. The zero-order valence-electron chi connectivity index (χ0n) is 17.8. The third kappa shape index (κ3) is 5.43. The number of rotatable bonds is 7. The number of phenols is 1. The summed E-state index contributed by atoms with van der Waals surface area (Å²) in [6.45, 7) is 7.48. The zero-order chi connectivity index (χ0) is 23.6. The van der Waals surface area contributed by atoms with Gasteiger partial charge in [-0.2, -0.15) is 0 Å². The highest BCUT2D eigenvalue weighted by atomic mass is 35.5. The lowest BCUT2D eigenvalue weighted by atomic mass is 10.2. The van der Waals surface area contributed by atoms with E-state index in [0.29, 0.717) is 25.7 Å². The van der Waals surface area contributed by atoms with Crippen LogP contribution in [0.2, 0.25) is 5.02 Å². The highest BCUT2D eigenvalue weighted by Gasteiger charge is 2.23. The highest BCUT2D eigenvalue weighted by Crippen LogP contribution is 2.31. The molecule has 3 aromatic rings. The van der Waals surface area contributed by atoms with E-state index in [2.05, 4.69) is 15.3 Å². The first-order valence-corrected chi connectivity index (χ1v) is 11.8. The van der Waals surface area contributed by atoms with E-state index in [0.717, 1.165) is 23.1 Å². The second-order valence-corrected chi connectivity index (χ2v) is 10.3. The lowest BCUT2D eigenvalue weighted by Gasteiger charge is -2.12. The number of nitrogens with one attached hydrogen (secondary N) is 2. The van der Waals surface area contributed by atoms with Crippen molar-refractivity contribution in [2.75, 3.05) is 11.9 Å². The van der Waals surface area contributed by atoms with Gasteiger partial charge >= 0.3 is 5.97 Å². The molecular formula is C21H22ClN3O5S2. The average molecular weight is 496 g/mol. The number of benzene rings is 1. The number of aromatic amines is 1. The largest absolute Gasteiger partial charge is 0.506 e. The summed E-state index contributed by atoms with van der Waals surface area (Å²) in [6.07, 6.45) is 0. The van der Waals surface area contributed by atoms with Crippen molar-refractivity contribution in [3.05, 3.63) is 44.0 Å². The number of halogens is 1. The number of aromatic hydroxyl groups is 1. The number of esters is 1. The van der Waals surface area contributed by atoms with Crippen molar-refractivity contribution in [3.8, 4) is 5.75 Å². The molecule has 1 atom stereocenters. The number of carbonyl (C=O) groups excluding carboxylic acids is 2. The molecule has 0 aliphatic carbocycles. The number of thiophene rings is 1. The molecule has 0 bridgehead atoms. The molecule has 11 heteroatoms. The number of aryl methyl sites for hydroxylation is 1. The molecule has 170 valence electrons. The van der Waals surface area contributed by atoms with Gasteiger partial charge in [-0.15, -0.1) is 11.3 Å². The van der Waals surface area contributed by atoms with E-state index in [9.17, 15) is 19.5 Å². The van der Waals surface area contributed by atoms with E-state index >= 15 is 0 Å². The van der Waals surface area contributed by atoms with Crippen LogP contribution in [0.25, 0.3) is 10.2 Å². The van der Waals surface area contributed by atoms with E-state index in [1.807, 2.05) is 13.8 Å². The van der Waals surface area contributed by atoms with Gasteiger partial charge in [0.1, 0.15) is 15.5 Å². The zero-order valence-corrected chi connectivity index (χ0v) is 20.2. The molecule has 3 rings (SSSR count). The van der Waals surface area contributed by atoms with Gasteiger partial charge < -0.3 is 20.1 Å². The average Bonchev–Trinajstić information content (AvgIpc) is 3.05. The Balaban J connectivity index is 1.80. The van der Waals surface area contributed by atoms with Crippen LogP contribution in [0.15, 0.2) is 28.2 Å². The summed E-state index contributed by atoms with van der Waals surface area (Å²) >= 11 is 8.04. The minimum absolute atomic E-state index is 0.112. The maximum atomic E-state index is 12.6. The SMILES string of the molecule is Cc1c(C(=O)OCC(C)C)sc2nc(SC(C)C(=O)Nc3cc(Cl)ccc3O)[nH]c(=O)c12. The maximum Gasteiger partial charge on any atom is 0.348 e. The molecule has 2 aromatic heterocycles. The minimum Gasteiger partial charge on any atom is -0.506 e. The third-order valence-electron chi connectivity index (χ3n) is 4.39. The predicted molar refractivity (Wildman–Crippen MR) is 127 cm³/mol. The quantitative estimate of drug-likeness (QED) is 0.190. The van der Waals surface area contributed by atoms with Gasteiger partial charge in [0.25, 0.3) is 5.56 Å². The van der Waals surface area contributed by atoms with Crippen molar-refractivity contribution in [2.45, 2.75) is 38.1 Å². The van der Waals surface area contributed by atoms with Crippen LogP contribution in [0.3, 0.4) is 0 Å². The second-order valence-electron chi connectivity index (χ2n) is 7.51. The number of phenolic OH excluding ortho intramolecular Hbond substituents is 1. The monoisotopic (exact) mass is 495 g/mol. The van der Waals surface area contributed by atoms with E-state index in [1.165, 1.54) is 18.2 Å². The predicted octanol–water partition coefficient (Wildman–Crippen LogP) is 4.58. The van der Waals surface area contributed by atoms with Crippen molar-refractivity contribution in [1.82, 2.24) is 9.97 Å². The number of hydrogen-bond donors (Lipinski definition) is 3. The van der Waals surface area contributed by atoms with E-state index in [4.69, 9.17) is 16.3 Å². The van der Waals surface area contributed by atoms with Crippen molar-refractivity contribution in [3.63, 3.8) is 0 Å². The summed E-state index contributed by atoms with van der Waals surface area (Å²) in [6, 6.07) is 4.32. The topological polar surface area (TPSA) is 121 Å². The molecule has 32 heavy (non-hydrogen) atoms. The number of amides is 1. The Morgan fingerprint density at radius 3 is 2.75 bits per heavy atom. The Morgan fingerprint density at radius 2 is 2.06 bits per heavy atom. The fourth-order valence-electron chi connectivity index (χ4n) is 2.75. The lowest BCUT2D eigenvalue weighted by Crippen LogP contribution is -2.23. The molecule has 3 N–H and O–H groups in total. The second kappa shape index (κ2) is 9.93. The van der Waals surface area contributed by atoms with Gasteiger partial charge in [-0.05, 0) is 43.5 Å². The molecular weight excluding hydrogens is 474 g/mol. The normalized spacial score (nSPS) is 12.2. The smallest absolute Gasteiger partial charge is 0.348 e. The summed E-state index contributed by atoms with van der Waals surface area (Å²) in [4.78, 5) is 45.4. The molecule has 0 fully saturated rings. The summed E-state index contributed by atoms with van der Waals surface area (Å²) < 4.78 is 5.28. The maximum absolute atomic E-state index is 12.6. The first kappa shape index (κ1) is 24.1. The van der Waals surface area contributed by atoms with Gasteiger partial charge in [-0.3, -0.25) is 9.59 Å². The molecule has 1 aromatic carbocycles. The third-order valence-corrected chi connectivity index (χ3v) is 6.77. The van der Waals surface area contributed by atoms with Crippen molar-refractivity contribution < 1.29 is 19.4 Å². The van der Waals surface area contributed by atoms with Crippen LogP contribution in [0.4, 0.5) is 5.69 Å². The Morgan fingerprint density at radius 1 is 1.34 bits per heavy atom. The number of anilines is 1. The first-order chi connectivity index (χ1) is 15.1. The minimum atomic E-state index is -0.648. The molecule has 0 aliphatic rings. The Hall–Kier alpha value is -2.56. The Labute approximate surface area is 197 Å². The summed E-state index contributed by atoms with van der Waals surface area (Å²) in [7, 11) is 0. The van der Waals surface area contributed by atoms with Crippen LogP contribution < -0.4 is 10.9 Å². The molecule has 0 radical (unpaired) electrons. The summed E-state index contributed by atoms with van der Waals surface area (Å²) in [5, 5.41) is 12.8. The molecule has 1 amide bonds. The van der Waals surface area contributed by atoms with Crippen LogP contribution in [0, 0.1) is 12.8 Å². The number of nitrogens with zero attached hydrogens (tertiary/aromatic N) is 1. The van der Waals surface area contributed by atoms with Crippen LogP contribution in [-0.4, -0.2) is 38.8 Å². The van der Waals surface area contributed by atoms with E-state index < -0.39 is 22.7 Å². The molecule has 0 saturated heterocycles. The van der Waals surface area contributed by atoms with Crippen LogP contribution in [-0.2, 0) is 9.53 Å². The van der Waals surface area contributed by atoms with Crippen molar-refractivity contribution in [2.24, 2.45) is 5.92 Å². The Kier molecular flexibility index (Phi) is 7.47. The van der Waals surface area contributed by atoms with Gasteiger partial charge in [0, 0.05) is 5.02 Å². The lowest BCUT2D eigenvalue weighted by molar-refractivity contribution is -0.115. The number of ether oxygens (including phenoxy) is 1. The number of thioether (sulfide) groups is 1. The molecule has 0 spiro atoms. The number of hydrogen-bond acceptors (Lipinski definition) is 8. The highest BCUT2D eigenvalue weighted by molar-refractivity contribution is 8.00. The molecule has 0 saturated carbocycles. The van der Waals surface area contributed by atoms with Crippen LogP contribution in [0.5, 0.6) is 5.75 Å². The van der Waals surface area contributed by atoms with Gasteiger partial charge in [0.15, 0.2) is 5.16 Å². The number of aromatic nitrogens is 2. The fraction of sp³-hybridized carbons (Fsp3) is 0.333.